The highest BCUT2D eigenvalue weighted by Crippen LogP contribution is 2.40. The maximum absolute atomic E-state index is 15.0. The lowest BCUT2D eigenvalue weighted by molar-refractivity contribution is -0.140. The molecule has 2 fully saturated rings. The molecule has 0 N–H and O–H groups in total. The molecule has 0 amide bonds. The second kappa shape index (κ2) is 14.2. The van der Waals surface area contributed by atoms with Gasteiger partial charge in [0, 0.05) is 6.61 Å². The van der Waals surface area contributed by atoms with Crippen LogP contribution >= 0.6 is 0 Å². The van der Waals surface area contributed by atoms with Crippen molar-refractivity contribution in [1.29, 1.82) is 0 Å². The minimum absolute atomic E-state index is 0.0668. The summed E-state index contributed by atoms with van der Waals surface area (Å²) in [5.74, 6) is -3.37. The Morgan fingerprint density at radius 1 is 0.795 bits per heavy atom. The summed E-state index contributed by atoms with van der Waals surface area (Å²) < 4.78 is 61.0. The molecule has 0 bridgehead atoms. The van der Waals surface area contributed by atoms with Crippen molar-refractivity contribution in [3.63, 3.8) is 0 Å². The first-order chi connectivity index (χ1) is 18.9. The monoisotopic (exact) mass is 546 g/mol. The first-order valence-corrected chi connectivity index (χ1v) is 14.6. The number of rotatable bonds is 11. The number of ether oxygens (including phenoxy) is 3. The van der Waals surface area contributed by atoms with E-state index in [0.29, 0.717) is 37.9 Å². The van der Waals surface area contributed by atoms with Crippen molar-refractivity contribution in [1.82, 2.24) is 0 Å². The van der Waals surface area contributed by atoms with Crippen molar-refractivity contribution in [2.45, 2.75) is 102 Å². The molecule has 0 aromatic heterocycles. The molecule has 2 aliphatic carbocycles. The van der Waals surface area contributed by atoms with Crippen molar-refractivity contribution in [3.05, 3.63) is 58.9 Å². The number of halogens is 3. The normalized spacial score (nSPS) is 23.4. The second-order valence-electron chi connectivity index (χ2n) is 11.0. The van der Waals surface area contributed by atoms with E-state index >= 15 is 0 Å². The Morgan fingerprint density at radius 2 is 1.49 bits per heavy atom. The Balaban J connectivity index is 1.29. The average molecular weight is 547 g/mol. The number of benzene rings is 2. The summed E-state index contributed by atoms with van der Waals surface area (Å²) in [5, 5.41) is 0. The van der Waals surface area contributed by atoms with Gasteiger partial charge in [-0.15, -0.1) is 0 Å². The lowest BCUT2D eigenvalue weighted by Crippen LogP contribution is -2.26. The number of unbranched alkanes of at least 4 members (excludes halogenated alkanes) is 1. The number of esters is 1. The van der Waals surface area contributed by atoms with Gasteiger partial charge in [-0.1, -0.05) is 32.4 Å². The fourth-order valence-corrected chi connectivity index (χ4v) is 5.83. The van der Waals surface area contributed by atoms with Gasteiger partial charge in [0.25, 0.3) is 0 Å². The molecule has 4 rings (SSSR count). The van der Waals surface area contributed by atoms with Crippen molar-refractivity contribution in [2.75, 3.05) is 13.2 Å². The van der Waals surface area contributed by atoms with Gasteiger partial charge in [-0.2, -0.15) is 4.39 Å². The van der Waals surface area contributed by atoms with Gasteiger partial charge >= 0.3 is 5.97 Å². The van der Waals surface area contributed by atoms with E-state index in [1.54, 1.807) is 12.1 Å². The zero-order chi connectivity index (χ0) is 27.8. The average Bonchev–Trinajstić information content (AvgIpc) is 2.96. The van der Waals surface area contributed by atoms with E-state index in [1.165, 1.54) is 12.1 Å². The molecule has 2 aliphatic rings. The smallest absolute Gasteiger partial charge is 0.314 e. The van der Waals surface area contributed by atoms with Gasteiger partial charge < -0.3 is 14.2 Å². The molecule has 0 unspecified atom stereocenters. The van der Waals surface area contributed by atoms with Gasteiger partial charge in [0.05, 0.1) is 18.6 Å². The minimum Gasteiger partial charge on any atom is -0.491 e. The maximum Gasteiger partial charge on any atom is 0.314 e. The van der Waals surface area contributed by atoms with Gasteiger partial charge in [0.1, 0.15) is 0 Å². The third-order valence-electron chi connectivity index (χ3n) is 8.20. The highest BCUT2D eigenvalue weighted by Gasteiger charge is 2.31. The zero-order valence-corrected chi connectivity index (χ0v) is 23.2. The first kappa shape index (κ1) is 29.4. The zero-order valence-electron chi connectivity index (χ0n) is 23.2. The predicted octanol–water partition coefficient (Wildman–Crippen LogP) is 8.62. The highest BCUT2D eigenvalue weighted by atomic mass is 19.2. The Kier molecular flexibility index (Phi) is 10.7. The van der Waals surface area contributed by atoms with E-state index in [0.717, 1.165) is 57.1 Å². The van der Waals surface area contributed by atoms with E-state index in [-0.39, 0.29) is 35.3 Å². The minimum atomic E-state index is -1.10. The maximum atomic E-state index is 15.0. The predicted molar refractivity (Wildman–Crippen MR) is 145 cm³/mol. The van der Waals surface area contributed by atoms with E-state index in [4.69, 9.17) is 14.2 Å². The molecule has 2 aromatic carbocycles. The Bertz CT molecular complexity index is 1090. The topological polar surface area (TPSA) is 44.8 Å². The molecule has 2 saturated carbocycles. The molecular formula is C32H41F3O4. The van der Waals surface area contributed by atoms with Crippen LogP contribution < -0.4 is 9.47 Å². The summed E-state index contributed by atoms with van der Waals surface area (Å²) in [6.07, 6.45) is 8.62. The Hall–Kier alpha value is -2.54. The van der Waals surface area contributed by atoms with Crippen LogP contribution in [0.3, 0.4) is 0 Å². The standard InChI is InChI=1S/C32H41F3O4/c1-3-5-19-38-28-16-12-24(20-27(28)33)21-6-8-23(9-7-21)32(36)39-29-17-15-26(30(34)31(29)35)22-10-13-25(14-11-22)37-18-4-2/h12,15-17,20-23,25H,3-11,13-14,18-19H2,1-2H3. The Morgan fingerprint density at radius 3 is 2.15 bits per heavy atom. The molecule has 7 heteroatoms. The molecule has 4 nitrogen and oxygen atoms in total. The second-order valence-corrected chi connectivity index (χ2v) is 11.0. The summed E-state index contributed by atoms with van der Waals surface area (Å²) >= 11 is 0. The molecule has 0 radical (unpaired) electrons. The number of carbonyl (C=O) groups excluding carboxylic acids is 1. The summed E-state index contributed by atoms with van der Waals surface area (Å²) in [7, 11) is 0. The van der Waals surface area contributed by atoms with Crippen molar-refractivity contribution in [2.24, 2.45) is 5.92 Å². The summed E-state index contributed by atoms with van der Waals surface area (Å²) in [5.41, 5.74) is 1.23. The molecule has 0 spiro atoms. The van der Waals surface area contributed by atoms with E-state index in [2.05, 4.69) is 13.8 Å². The fourth-order valence-electron chi connectivity index (χ4n) is 5.83. The molecule has 2 aromatic rings. The van der Waals surface area contributed by atoms with Crippen LogP contribution in [0.15, 0.2) is 30.3 Å². The largest absolute Gasteiger partial charge is 0.491 e. The van der Waals surface area contributed by atoms with E-state index in [1.807, 2.05) is 6.07 Å². The van der Waals surface area contributed by atoms with Crippen LogP contribution in [0.25, 0.3) is 0 Å². The fraction of sp³-hybridized carbons (Fsp3) is 0.594. The molecular weight excluding hydrogens is 505 g/mol. The van der Waals surface area contributed by atoms with Crippen molar-refractivity contribution in [3.8, 4) is 11.5 Å². The summed E-state index contributed by atoms with van der Waals surface area (Å²) in [6.45, 7) is 5.33. The van der Waals surface area contributed by atoms with E-state index < -0.39 is 23.5 Å². The van der Waals surface area contributed by atoms with Gasteiger partial charge in [-0.25, -0.2) is 8.78 Å². The lowest BCUT2D eigenvalue weighted by Gasteiger charge is -2.29. The molecule has 0 aliphatic heterocycles. The van der Waals surface area contributed by atoms with Crippen LogP contribution in [0, 0.1) is 23.4 Å². The number of carbonyl (C=O) groups is 1. The van der Waals surface area contributed by atoms with Gasteiger partial charge in [-0.05, 0) is 105 Å². The Labute approximate surface area is 230 Å². The molecule has 0 atom stereocenters. The van der Waals surface area contributed by atoms with Crippen LogP contribution in [0.1, 0.15) is 107 Å². The van der Waals surface area contributed by atoms with Crippen LogP contribution in [-0.4, -0.2) is 25.3 Å². The quantitative estimate of drug-likeness (QED) is 0.161. The first-order valence-electron chi connectivity index (χ1n) is 14.6. The molecule has 39 heavy (non-hydrogen) atoms. The van der Waals surface area contributed by atoms with Crippen LogP contribution in [0.2, 0.25) is 0 Å². The summed E-state index contributed by atoms with van der Waals surface area (Å²) in [4.78, 5) is 12.8. The SMILES string of the molecule is CCCCOc1ccc(C2CCC(C(=O)Oc3ccc(C4CCC(OCCC)CC4)c(F)c3F)CC2)cc1F. The van der Waals surface area contributed by atoms with E-state index in [9.17, 15) is 18.0 Å². The number of hydrogen-bond acceptors (Lipinski definition) is 4. The molecule has 214 valence electrons. The summed E-state index contributed by atoms with van der Waals surface area (Å²) in [6, 6.07) is 8.02. The highest BCUT2D eigenvalue weighted by molar-refractivity contribution is 5.75. The van der Waals surface area contributed by atoms with Gasteiger partial charge in [-0.3, -0.25) is 4.79 Å². The van der Waals surface area contributed by atoms with Crippen molar-refractivity contribution < 1.29 is 32.2 Å². The lowest BCUT2D eigenvalue weighted by atomic mass is 9.78. The third-order valence-corrected chi connectivity index (χ3v) is 8.20. The van der Waals surface area contributed by atoms with Crippen LogP contribution in [-0.2, 0) is 9.53 Å². The number of hydrogen-bond donors (Lipinski definition) is 0. The third kappa shape index (κ3) is 7.56. The van der Waals surface area contributed by atoms with Crippen LogP contribution in [0.5, 0.6) is 11.5 Å². The van der Waals surface area contributed by atoms with Crippen molar-refractivity contribution >= 4 is 5.97 Å². The van der Waals surface area contributed by atoms with Gasteiger partial charge in [0.15, 0.2) is 23.1 Å². The molecule has 0 saturated heterocycles. The molecule has 0 heterocycles. The van der Waals surface area contributed by atoms with Gasteiger partial charge in [0.2, 0.25) is 5.82 Å². The van der Waals surface area contributed by atoms with Crippen LogP contribution in [0.4, 0.5) is 13.2 Å².